The van der Waals surface area contributed by atoms with Crippen molar-refractivity contribution < 1.29 is 9.47 Å². The Morgan fingerprint density at radius 3 is 2.33 bits per heavy atom. The quantitative estimate of drug-likeness (QED) is 0.660. The summed E-state index contributed by atoms with van der Waals surface area (Å²) in [5, 5.41) is 4.87. The summed E-state index contributed by atoms with van der Waals surface area (Å²) < 4.78 is 10.7. The van der Waals surface area contributed by atoms with Crippen molar-refractivity contribution in [1.82, 2.24) is 9.97 Å². The molecule has 0 aliphatic heterocycles. The molecule has 0 radical (unpaired) electrons. The first kappa shape index (κ1) is 16.6. The van der Waals surface area contributed by atoms with Gasteiger partial charge in [-0.3, -0.25) is 0 Å². The van der Waals surface area contributed by atoms with Gasteiger partial charge in [0.2, 0.25) is 5.28 Å². The number of hydrogen-bond donors (Lipinski definition) is 1. The fraction of sp³-hybridized carbons (Fsp3) is 0.176. The Kier molecular flexibility index (Phi) is 4.64. The van der Waals surface area contributed by atoms with Gasteiger partial charge in [-0.25, -0.2) is 4.98 Å². The van der Waals surface area contributed by atoms with E-state index in [1.165, 1.54) is 0 Å². The number of anilines is 2. The van der Waals surface area contributed by atoms with Gasteiger partial charge in [0.1, 0.15) is 5.82 Å². The predicted octanol–water partition coefficient (Wildman–Crippen LogP) is 5.01. The van der Waals surface area contributed by atoms with Crippen LogP contribution in [0.15, 0.2) is 30.3 Å². The number of benzene rings is 2. The zero-order valence-corrected chi connectivity index (χ0v) is 14.9. The van der Waals surface area contributed by atoms with Gasteiger partial charge in [0, 0.05) is 22.2 Å². The van der Waals surface area contributed by atoms with Gasteiger partial charge in [-0.05, 0) is 48.4 Å². The van der Waals surface area contributed by atoms with E-state index in [0.717, 1.165) is 16.6 Å². The van der Waals surface area contributed by atoms with Crippen molar-refractivity contribution in [2.45, 2.75) is 6.92 Å². The van der Waals surface area contributed by atoms with Gasteiger partial charge in [0.25, 0.3) is 0 Å². The van der Waals surface area contributed by atoms with Crippen molar-refractivity contribution in [3.8, 4) is 11.5 Å². The molecular weight excluding hydrogens is 349 g/mol. The summed E-state index contributed by atoms with van der Waals surface area (Å²) in [6.45, 7) is 1.96. The summed E-state index contributed by atoms with van der Waals surface area (Å²) in [5.41, 5.74) is 2.53. The second kappa shape index (κ2) is 6.71. The topological polar surface area (TPSA) is 56.3 Å². The normalized spacial score (nSPS) is 10.7. The average Bonchev–Trinajstić information content (AvgIpc) is 2.56. The Bertz CT molecular complexity index is 916. The lowest BCUT2D eigenvalue weighted by atomic mass is 10.1. The van der Waals surface area contributed by atoms with Gasteiger partial charge in [-0.2, -0.15) is 4.98 Å². The van der Waals surface area contributed by atoms with Gasteiger partial charge < -0.3 is 14.8 Å². The Balaban J connectivity index is 2.15. The average molecular weight is 364 g/mol. The maximum absolute atomic E-state index is 6.07. The van der Waals surface area contributed by atoms with E-state index in [0.29, 0.717) is 27.9 Å². The van der Waals surface area contributed by atoms with Crippen LogP contribution in [0.1, 0.15) is 5.56 Å². The molecule has 1 aromatic heterocycles. The molecule has 0 aliphatic carbocycles. The number of aromatic nitrogens is 2. The molecule has 0 unspecified atom stereocenters. The van der Waals surface area contributed by atoms with Crippen molar-refractivity contribution in [2.75, 3.05) is 19.5 Å². The highest BCUT2D eigenvalue weighted by atomic mass is 35.5. The smallest absolute Gasteiger partial charge is 0.224 e. The van der Waals surface area contributed by atoms with Gasteiger partial charge in [-0.1, -0.05) is 11.6 Å². The highest BCUT2D eigenvalue weighted by Gasteiger charge is 2.13. The van der Waals surface area contributed by atoms with Crippen LogP contribution in [0.25, 0.3) is 10.9 Å². The number of rotatable bonds is 4. The number of fused-ring (bicyclic) bond motifs is 1. The molecule has 3 aromatic rings. The lowest BCUT2D eigenvalue weighted by Crippen LogP contribution is -2.00. The molecule has 7 heteroatoms. The maximum Gasteiger partial charge on any atom is 0.224 e. The third-order valence-corrected chi connectivity index (χ3v) is 4.02. The molecule has 1 N–H and O–H groups in total. The van der Waals surface area contributed by atoms with Crippen LogP contribution < -0.4 is 14.8 Å². The minimum Gasteiger partial charge on any atom is -0.493 e. The Labute approximate surface area is 149 Å². The molecule has 0 atom stereocenters. The zero-order valence-electron chi connectivity index (χ0n) is 13.4. The van der Waals surface area contributed by atoms with Crippen molar-refractivity contribution in [3.05, 3.63) is 46.2 Å². The van der Waals surface area contributed by atoms with Crippen LogP contribution in [0.4, 0.5) is 11.5 Å². The van der Waals surface area contributed by atoms with E-state index in [1.807, 2.05) is 31.2 Å². The van der Waals surface area contributed by atoms with E-state index in [9.17, 15) is 0 Å². The number of halogens is 2. The molecular formula is C17H15Cl2N3O2. The summed E-state index contributed by atoms with van der Waals surface area (Å²) in [5.74, 6) is 1.75. The fourth-order valence-electron chi connectivity index (χ4n) is 2.42. The second-order valence-electron chi connectivity index (χ2n) is 5.15. The minimum atomic E-state index is 0.142. The fourth-order valence-corrected chi connectivity index (χ4v) is 2.82. The molecule has 0 saturated heterocycles. The van der Waals surface area contributed by atoms with Crippen molar-refractivity contribution in [3.63, 3.8) is 0 Å². The van der Waals surface area contributed by atoms with Gasteiger partial charge in [0.15, 0.2) is 11.5 Å². The van der Waals surface area contributed by atoms with Crippen LogP contribution in [0, 0.1) is 6.92 Å². The van der Waals surface area contributed by atoms with E-state index in [4.69, 9.17) is 32.7 Å². The molecule has 0 aliphatic rings. The van der Waals surface area contributed by atoms with E-state index in [-0.39, 0.29) is 5.28 Å². The number of aryl methyl sites for hydroxylation is 1. The van der Waals surface area contributed by atoms with Crippen molar-refractivity contribution in [2.24, 2.45) is 0 Å². The van der Waals surface area contributed by atoms with Gasteiger partial charge >= 0.3 is 0 Å². The number of methoxy groups -OCH3 is 2. The molecule has 0 amide bonds. The van der Waals surface area contributed by atoms with Crippen LogP contribution in [0.5, 0.6) is 11.5 Å². The molecule has 0 bridgehead atoms. The third-order valence-electron chi connectivity index (χ3n) is 3.62. The molecule has 5 nitrogen and oxygen atoms in total. The van der Waals surface area contributed by atoms with Crippen molar-refractivity contribution in [1.29, 1.82) is 0 Å². The molecule has 0 spiro atoms. The first-order chi connectivity index (χ1) is 11.5. The van der Waals surface area contributed by atoms with E-state index < -0.39 is 0 Å². The van der Waals surface area contributed by atoms with Crippen LogP contribution in [0.2, 0.25) is 10.3 Å². The number of hydrogen-bond acceptors (Lipinski definition) is 5. The summed E-state index contributed by atoms with van der Waals surface area (Å²) in [6.07, 6.45) is 0. The summed E-state index contributed by atoms with van der Waals surface area (Å²) in [4.78, 5) is 8.56. The lowest BCUT2D eigenvalue weighted by Gasteiger charge is -2.14. The molecule has 24 heavy (non-hydrogen) atoms. The summed E-state index contributed by atoms with van der Waals surface area (Å²) >= 11 is 12.1. The molecule has 2 aromatic carbocycles. The second-order valence-corrected chi connectivity index (χ2v) is 5.92. The van der Waals surface area contributed by atoms with E-state index >= 15 is 0 Å². The highest BCUT2D eigenvalue weighted by molar-refractivity contribution is 6.30. The molecule has 124 valence electrons. The van der Waals surface area contributed by atoms with Gasteiger partial charge in [-0.15, -0.1) is 0 Å². The van der Waals surface area contributed by atoms with Crippen LogP contribution in [-0.4, -0.2) is 24.2 Å². The summed E-state index contributed by atoms with van der Waals surface area (Å²) in [6, 6.07) is 9.16. The molecule has 1 heterocycles. The highest BCUT2D eigenvalue weighted by Crippen LogP contribution is 2.35. The molecule has 0 fully saturated rings. The number of ether oxygens (including phenoxy) is 2. The third kappa shape index (κ3) is 3.18. The van der Waals surface area contributed by atoms with Crippen molar-refractivity contribution >= 4 is 45.6 Å². The first-order valence-electron chi connectivity index (χ1n) is 7.14. The van der Waals surface area contributed by atoms with Crippen LogP contribution in [-0.2, 0) is 0 Å². The molecule has 0 saturated carbocycles. The van der Waals surface area contributed by atoms with E-state index in [2.05, 4.69) is 15.3 Å². The maximum atomic E-state index is 6.07. The molecule has 3 rings (SSSR count). The Morgan fingerprint density at radius 2 is 1.67 bits per heavy atom. The lowest BCUT2D eigenvalue weighted by molar-refractivity contribution is 0.356. The largest absolute Gasteiger partial charge is 0.493 e. The Morgan fingerprint density at radius 1 is 0.958 bits per heavy atom. The minimum absolute atomic E-state index is 0.142. The SMILES string of the molecule is COc1cc2nc(Cl)nc(Nc3ccc(Cl)cc3C)c2cc1OC. The van der Waals surface area contributed by atoms with E-state index in [1.54, 1.807) is 20.3 Å². The van der Waals surface area contributed by atoms with Crippen LogP contribution in [0.3, 0.4) is 0 Å². The van der Waals surface area contributed by atoms with Crippen LogP contribution >= 0.6 is 23.2 Å². The zero-order chi connectivity index (χ0) is 17.3. The predicted molar refractivity (Wildman–Crippen MR) is 97.1 cm³/mol. The Hall–Kier alpha value is -2.24. The number of nitrogens with zero attached hydrogens (tertiary/aromatic N) is 2. The monoisotopic (exact) mass is 363 g/mol. The summed E-state index contributed by atoms with van der Waals surface area (Å²) in [7, 11) is 3.15. The number of nitrogens with one attached hydrogen (secondary N) is 1. The standard InChI is InChI=1S/C17H15Cl2N3O2/c1-9-6-10(18)4-5-12(9)20-16-11-7-14(23-2)15(24-3)8-13(11)21-17(19)22-16/h4-8H,1-3H3,(H,20,21,22). The first-order valence-corrected chi connectivity index (χ1v) is 7.90. The van der Waals surface area contributed by atoms with Gasteiger partial charge in [0.05, 0.1) is 19.7 Å².